The van der Waals surface area contributed by atoms with E-state index in [-0.39, 0.29) is 6.54 Å². The van der Waals surface area contributed by atoms with Crippen LogP contribution in [-0.2, 0) is 16.0 Å². The van der Waals surface area contributed by atoms with Crippen LogP contribution < -0.4 is 10.6 Å². The molecule has 1 fully saturated rings. The minimum Gasteiger partial charge on any atom is -0.324 e. The average Bonchev–Trinajstić information content (AvgIpc) is 2.61. The van der Waals surface area contributed by atoms with E-state index in [1.54, 1.807) is 26.1 Å². The van der Waals surface area contributed by atoms with Gasteiger partial charge in [0.05, 0.1) is 0 Å². The van der Waals surface area contributed by atoms with Gasteiger partial charge in [-0.15, -0.1) is 0 Å². The largest absolute Gasteiger partial charge is 0.325 e. The van der Waals surface area contributed by atoms with E-state index in [9.17, 15) is 14.4 Å². The van der Waals surface area contributed by atoms with Gasteiger partial charge in [-0.05, 0) is 38.0 Å². The first kappa shape index (κ1) is 15.0. The molecule has 7 nitrogen and oxygen atoms in total. The van der Waals surface area contributed by atoms with Gasteiger partial charge in [0.15, 0.2) is 0 Å². The molecule has 1 saturated heterocycles. The number of rotatable bonds is 4. The van der Waals surface area contributed by atoms with E-state index in [1.165, 1.54) is 0 Å². The van der Waals surface area contributed by atoms with Crippen molar-refractivity contribution in [3.05, 3.63) is 23.9 Å². The van der Waals surface area contributed by atoms with Crippen LogP contribution in [0.4, 0.5) is 10.6 Å². The molecule has 4 amide bonds. The van der Waals surface area contributed by atoms with Crippen LogP contribution in [0.15, 0.2) is 18.3 Å². The molecular formula is C14H18N4O3. The van der Waals surface area contributed by atoms with Gasteiger partial charge in [-0.3, -0.25) is 14.5 Å². The number of pyridine rings is 1. The zero-order chi connectivity index (χ0) is 15.6. The molecule has 0 bridgehead atoms. The molecule has 2 heterocycles. The molecule has 2 N–H and O–H groups in total. The topological polar surface area (TPSA) is 91.4 Å². The molecule has 21 heavy (non-hydrogen) atoms. The van der Waals surface area contributed by atoms with Crippen molar-refractivity contribution >= 4 is 23.7 Å². The van der Waals surface area contributed by atoms with E-state index in [4.69, 9.17) is 0 Å². The molecule has 1 aliphatic rings. The molecule has 0 aliphatic carbocycles. The molecular weight excluding hydrogens is 272 g/mol. The number of urea groups is 1. The lowest BCUT2D eigenvalue weighted by Gasteiger charge is -2.15. The van der Waals surface area contributed by atoms with Crippen LogP contribution in [0.1, 0.15) is 26.3 Å². The fraction of sp³-hybridized carbons (Fsp3) is 0.429. The molecule has 1 aromatic heterocycles. The Morgan fingerprint density at radius 2 is 2.14 bits per heavy atom. The maximum atomic E-state index is 12.0. The highest BCUT2D eigenvalue weighted by atomic mass is 16.2. The standard InChI is InChI=1S/C14H18N4O3/c1-4-9-5-6-15-10(7-9)16-11(19)8-18-12(20)14(2,3)17-13(18)21/h5-7H,4,8H2,1-3H3,(H,17,21)(H,15,16,19). The first-order chi connectivity index (χ1) is 9.83. The minimum absolute atomic E-state index is 0.327. The van der Waals surface area contributed by atoms with E-state index in [1.807, 2.05) is 13.0 Å². The fourth-order valence-corrected chi connectivity index (χ4v) is 2.05. The molecule has 0 aromatic carbocycles. The van der Waals surface area contributed by atoms with Gasteiger partial charge in [-0.1, -0.05) is 6.92 Å². The third-order valence-electron chi connectivity index (χ3n) is 3.25. The summed E-state index contributed by atoms with van der Waals surface area (Å²) in [5.41, 5.74) is 0.0639. The Balaban J connectivity index is 2.02. The third kappa shape index (κ3) is 3.18. The van der Waals surface area contributed by atoms with Crippen LogP contribution in [0.25, 0.3) is 0 Å². The molecule has 0 atom stereocenters. The fourth-order valence-electron chi connectivity index (χ4n) is 2.05. The Bertz CT molecular complexity index is 598. The molecule has 0 saturated carbocycles. The second kappa shape index (κ2) is 5.51. The van der Waals surface area contributed by atoms with Gasteiger partial charge in [0.25, 0.3) is 5.91 Å². The summed E-state index contributed by atoms with van der Waals surface area (Å²) in [7, 11) is 0. The number of hydrogen-bond acceptors (Lipinski definition) is 4. The highest BCUT2D eigenvalue weighted by molar-refractivity contribution is 6.09. The van der Waals surface area contributed by atoms with Crippen molar-refractivity contribution in [1.82, 2.24) is 15.2 Å². The SMILES string of the molecule is CCc1ccnc(NC(=O)CN2C(=O)NC(C)(C)C2=O)c1. The minimum atomic E-state index is -0.974. The number of carbonyl (C=O) groups is 3. The van der Waals surface area contributed by atoms with E-state index in [0.29, 0.717) is 5.82 Å². The van der Waals surface area contributed by atoms with Crippen LogP contribution in [0.3, 0.4) is 0 Å². The Morgan fingerprint density at radius 1 is 1.43 bits per heavy atom. The Kier molecular flexibility index (Phi) is 3.93. The summed E-state index contributed by atoms with van der Waals surface area (Å²) in [6.45, 7) is 4.86. The van der Waals surface area contributed by atoms with Gasteiger partial charge in [0, 0.05) is 6.20 Å². The van der Waals surface area contributed by atoms with Gasteiger partial charge < -0.3 is 10.6 Å². The van der Waals surface area contributed by atoms with E-state index < -0.39 is 23.4 Å². The lowest BCUT2D eigenvalue weighted by molar-refractivity contribution is -0.132. The summed E-state index contributed by atoms with van der Waals surface area (Å²) in [6, 6.07) is 3.05. The normalized spacial score (nSPS) is 16.8. The number of hydrogen-bond donors (Lipinski definition) is 2. The number of carbonyl (C=O) groups excluding carboxylic acids is 3. The zero-order valence-corrected chi connectivity index (χ0v) is 12.3. The van der Waals surface area contributed by atoms with Crippen molar-refractivity contribution in [2.45, 2.75) is 32.7 Å². The van der Waals surface area contributed by atoms with Crippen molar-refractivity contribution in [3.63, 3.8) is 0 Å². The van der Waals surface area contributed by atoms with Gasteiger partial charge >= 0.3 is 6.03 Å². The van der Waals surface area contributed by atoms with Gasteiger partial charge in [0.2, 0.25) is 5.91 Å². The number of imide groups is 1. The monoisotopic (exact) mass is 290 g/mol. The van der Waals surface area contributed by atoms with Crippen molar-refractivity contribution in [3.8, 4) is 0 Å². The molecule has 0 radical (unpaired) electrons. The second-order valence-corrected chi connectivity index (χ2v) is 5.40. The van der Waals surface area contributed by atoms with Crippen LogP contribution in [0.5, 0.6) is 0 Å². The van der Waals surface area contributed by atoms with Gasteiger partial charge in [0.1, 0.15) is 17.9 Å². The van der Waals surface area contributed by atoms with Crippen molar-refractivity contribution in [2.24, 2.45) is 0 Å². The molecule has 0 unspecified atom stereocenters. The highest BCUT2D eigenvalue weighted by Crippen LogP contribution is 2.16. The predicted molar refractivity (Wildman–Crippen MR) is 76.6 cm³/mol. The first-order valence-corrected chi connectivity index (χ1v) is 6.72. The molecule has 1 aliphatic heterocycles. The maximum Gasteiger partial charge on any atom is 0.325 e. The van der Waals surface area contributed by atoms with Crippen molar-refractivity contribution in [2.75, 3.05) is 11.9 Å². The van der Waals surface area contributed by atoms with Crippen LogP contribution in [0, 0.1) is 0 Å². The van der Waals surface area contributed by atoms with Gasteiger partial charge in [-0.25, -0.2) is 9.78 Å². The van der Waals surface area contributed by atoms with Crippen molar-refractivity contribution < 1.29 is 14.4 Å². The van der Waals surface area contributed by atoms with Crippen LogP contribution in [0.2, 0.25) is 0 Å². The van der Waals surface area contributed by atoms with E-state index >= 15 is 0 Å². The Hall–Kier alpha value is -2.44. The summed E-state index contributed by atoms with van der Waals surface area (Å²) in [4.78, 5) is 40.5. The lowest BCUT2D eigenvalue weighted by atomic mass is 10.1. The van der Waals surface area contributed by atoms with Crippen LogP contribution in [-0.4, -0.2) is 39.8 Å². The maximum absolute atomic E-state index is 12.0. The third-order valence-corrected chi connectivity index (χ3v) is 3.25. The highest BCUT2D eigenvalue weighted by Gasteiger charge is 2.44. The number of anilines is 1. The summed E-state index contributed by atoms with van der Waals surface area (Å²) in [6.07, 6.45) is 2.43. The second-order valence-electron chi connectivity index (χ2n) is 5.40. The molecule has 2 rings (SSSR count). The number of amides is 4. The smallest absolute Gasteiger partial charge is 0.324 e. The molecule has 1 aromatic rings. The summed E-state index contributed by atoms with van der Waals surface area (Å²) in [5, 5.41) is 5.11. The quantitative estimate of drug-likeness (QED) is 0.806. The van der Waals surface area contributed by atoms with E-state index in [0.717, 1.165) is 16.9 Å². The van der Waals surface area contributed by atoms with Gasteiger partial charge in [-0.2, -0.15) is 0 Å². The lowest BCUT2D eigenvalue weighted by Crippen LogP contribution is -2.41. The average molecular weight is 290 g/mol. The van der Waals surface area contributed by atoms with E-state index in [2.05, 4.69) is 15.6 Å². The number of nitrogens with zero attached hydrogens (tertiary/aromatic N) is 2. The number of aromatic nitrogens is 1. The first-order valence-electron chi connectivity index (χ1n) is 6.72. The van der Waals surface area contributed by atoms with Crippen molar-refractivity contribution in [1.29, 1.82) is 0 Å². The molecule has 7 heteroatoms. The zero-order valence-electron chi connectivity index (χ0n) is 12.3. The predicted octanol–water partition coefficient (Wildman–Crippen LogP) is 0.913. The molecule has 112 valence electrons. The molecule has 0 spiro atoms. The Labute approximate surface area is 122 Å². The summed E-state index contributed by atoms with van der Waals surface area (Å²) < 4.78 is 0. The van der Waals surface area contributed by atoms with Crippen LogP contribution >= 0.6 is 0 Å². The Morgan fingerprint density at radius 3 is 2.71 bits per heavy atom. The number of aryl methyl sites for hydroxylation is 1. The summed E-state index contributed by atoms with van der Waals surface area (Å²) in [5.74, 6) is -0.472. The summed E-state index contributed by atoms with van der Waals surface area (Å²) >= 11 is 0. The number of nitrogens with one attached hydrogen (secondary N) is 2.